The summed E-state index contributed by atoms with van der Waals surface area (Å²) in [5, 5.41) is 4.15. The number of aromatic nitrogens is 2. The molecule has 3 heterocycles. The van der Waals surface area contributed by atoms with Gasteiger partial charge in [0, 0.05) is 32.2 Å². The van der Waals surface area contributed by atoms with E-state index in [1.807, 2.05) is 0 Å². The fourth-order valence-electron chi connectivity index (χ4n) is 3.66. The minimum absolute atomic E-state index is 0.0669. The first-order chi connectivity index (χ1) is 10.1. The number of hydrogen-bond donors (Lipinski definition) is 0. The van der Waals surface area contributed by atoms with Gasteiger partial charge in [-0.2, -0.15) is 5.10 Å². The minimum atomic E-state index is -0.0669. The van der Waals surface area contributed by atoms with Gasteiger partial charge >= 0.3 is 0 Å². The second-order valence-electron chi connectivity index (χ2n) is 6.22. The average Bonchev–Trinajstić information content (AvgIpc) is 2.91. The van der Waals surface area contributed by atoms with Crippen LogP contribution in [0.4, 0.5) is 5.69 Å². The molecule has 0 spiro atoms. The van der Waals surface area contributed by atoms with Crippen molar-refractivity contribution in [3.05, 3.63) is 21.0 Å². The van der Waals surface area contributed by atoms with Crippen LogP contribution in [0.5, 0.6) is 0 Å². The second kappa shape index (κ2) is 6.08. The molecular formula is C15H23BrN4O. The van der Waals surface area contributed by atoms with Crippen molar-refractivity contribution < 1.29 is 0 Å². The lowest BCUT2D eigenvalue weighted by Crippen LogP contribution is -2.46. The largest absolute Gasteiger partial charge is 0.369 e. The highest BCUT2D eigenvalue weighted by molar-refractivity contribution is 9.10. The molecule has 0 radical (unpaired) electrons. The van der Waals surface area contributed by atoms with E-state index >= 15 is 0 Å². The van der Waals surface area contributed by atoms with Crippen LogP contribution < -0.4 is 10.5 Å². The molecule has 2 fully saturated rings. The summed E-state index contributed by atoms with van der Waals surface area (Å²) in [7, 11) is 1.68. The van der Waals surface area contributed by atoms with E-state index in [0.29, 0.717) is 10.5 Å². The summed E-state index contributed by atoms with van der Waals surface area (Å²) in [6, 6.07) is 1.44. The molecule has 6 heteroatoms. The highest BCUT2D eigenvalue weighted by Crippen LogP contribution is 2.29. The van der Waals surface area contributed by atoms with E-state index in [0.717, 1.165) is 24.8 Å². The summed E-state index contributed by atoms with van der Waals surface area (Å²) in [4.78, 5) is 16.9. The van der Waals surface area contributed by atoms with E-state index in [4.69, 9.17) is 0 Å². The maximum Gasteiger partial charge on any atom is 0.282 e. The third-order valence-electron chi connectivity index (χ3n) is 4.94. The molecule has 0 bridgehead atoms. The lowest BCUT2D eigenvalue weighted by molar-refractivity contribution is 0.163. The van der Waals surface area contributed by atoms with Crippen LogP contribution in [0.3, 0.4) is 0 Å². The van der Waals surface area contributed by atoms with Crippen molar-refractivity contribution in [2.24, 2.45) is 7.05 Å². The number of piperidine rings is 1. The zero-order chi connectivity index (χ0) is 15.0. The molecule has 1 atom stereocenters. The highest BCUT2D eigenvalue weighted by atomic mass is 79.9. The minimum Gasteiger partial charge on any atom is -0.369 e. The quantitative estimate of drug-likeness (QED) is 0.814. The fourth-order valence-corrected chi connectivity index (χ4v) is 4.27. The molecule has 21 heavy (non-hydrogen) atoms. The monoisotopic (exact) mass is 354 g/mol. The van der Waals surface area contributed by atoms with Crippen LogP contribution in [0.1, 0.15) is 32.6 Å². The molecule has 0 N–H and O–H groups in total. The maximum absolute atomic E-state index is 12.0. The smallest absolute Gasteiger partial charge is 0.282 e. The summed E-state index contributed by atoms with van der Waals surface area (Å²) in [5.74, 6) is 0. The summed E-state index contributed by atoms with van der Waals surface area (Å²) in [6.07, 6.45) is 6.82. The fraction of sp³-hybridized carbons (Fsp3) is 0.733. The summed E-state index contributed by atoms with van der Waals surface area (Å²) in [5.41, 5.74) is 0.869. The van der Waals surface area contributed by atoms with Crippen molar-refractivity contribution in [3.63, 3.8) is 0 Å². The first kappa shape index (κ1) is 15.0. The molecule has 2 saturated heterocycles. The predicted molar refractivity (Wildman–Crippen MR) is 87.8 cm³/mol. The van der Waals surface area contributed by atoms with E-state index in [9.17, 15) is 4.79 Å². The normalized spacial score (nSPS) is 24.7. The molecule has 0 amide bonds. The Hall–Kier alpha value is -0.880. The van der Waals surface area contributed by atoms with Crippen molar-refractivity contribution in [2.45, 2.75) is 44.7 Å². The molecule has 5 nitrogen and oxygen atoms in total. The van der Waals surface area contributed by atoms with E-state index < -0.39 is 0 Å². The Morgan fingerprint density at radius 3 is 2.57 bits per heavy atom. The lowest BCUT2D eigenvalue weighted by atomic mass is 10.0. The van der Waals surface area contributed by atoms with Gasteiger partial charge in [0.15, 0.2) is 0 Å². The van der Waals surface area contributed by atoms with E-state index in [2.05, 4.69) is 37.8 Å². The Balaban J connectivity index is 1.69. The van der Waals surface area contributed by atoms with E-state index in [1.165, 1.54) is 36.9 Å². The summed E-state index contributed by atoms with van der Waals surface area (Å²) >= 11 is 3.43. The van der Waals surface area contributed by atoms with Crippen LogP contribution >= 0.6 is 15.9 Å². The molecule has 3 rings (SSSR count). The first-order valence-corrected chi connectivity index (χ1v) is 8.59. The molecule has 0 saturated carbocycles. The first-order valence-electron chi connectivity index (χ1n) is 7.80. The third kappa shape index (κ3) is 2.88. The van der Waals surface area contributed by atoms with Gasteiger partial charge in [0.05, 0.1) is 11.9 Å². The van der Waals surface area contributed by atoms with Gasteiger partial charge in [-0.25, -0.2) is 4.68 Å². The molecule has 2 aliphatic rings. The van der Waals surface area contributed by atoms with Gasteiger partial charge in [0.1, 0.15) is 4.47 Å². The molecule has 1 aromatic rings. The Morgan fingerprint density at radius 2 is 1.95 bits per heavy atom. The maximum atomic E-state index is 12.0. The zero-order valence-corrected chi connectivity index (χ0v) is 14.3. The van der Waals surface area contributed by atoms with Crippen molar-refractivity contribution in [1.82, 2.24) is 14.7 Å². The average molecular weight is 355 g/mol. The van der Waals surface area contributed by atoms with Crippen LogP contribution in [-0.2, 0) is 7.05 Å². The van der Waals surface area contributed by atoms with Crippen LogP contribution in [0.15, 0.2) is 15.5 Å². The van der Waals surface area contributed by atoms with Crippen molar-refractivity contribution in [1.29, 1.82) is 0 Å². The molecule has 1 aromatic heterocycles. The van der Waals surface area contributed by atoms with E-state index in [1.54, 1.807) is 13.2 Å². The highest BCUT2D eigenvalue weighted by Gasteiger charge is 2.31. The number of anilines is 1. The van der Waals surface area contributed by atoms with Crippen LogP contribution in [-0.4, -0.2) is 46.4 Å². The predicted octanol–water partition coefficient (Wildman–Crippen LogP) is 2.00. The molecule has 1 unspecified atom stereocenters. The standard InChI is InChI=1S/C15H23BrN4O/c1-11-4-3-7-20(11)12-5-8-19(9-6-12)13-10-17-18(2)15(21)14(13)16/h10-12H,3-9H2,1-2H3. The lowest BCUT2D eigenvalue weighted by Gasteiger charge is -2.39. The van der Waals surface area contributed by atoms with Crippen molar-refractivity contribution >= 4 is 21.6 Å². The topological polar surface area (TPSA) is 41.4 Å². The number of nitrogens with zero attached hydrogens (tertiary/aromatic N) is 4. The molecule has 116 valence electrons. The Labute approximate surface area is 134 Å². The van der Waals surface area contributed by atoms with Crippen LogP contribution in [0.25, 0.3) is 0 Å². The Morgan fingerprint density at radius 1 is 1.24 bits per heavy atom. The Bertz CT molecular complexity index is 565. The van der Waals surface area contributed by atoms with Gasteiger partial charge in [-0.1, -0.05) is 0 Å². The van der Waals surface area contributed by atoms with Crippen LogP contribution in [0.2, 0.25) is 0 Å². The molecule has 0 aliphatic carbocycles. The number of aryl methyl sites for hydroxylation is 1. The van der Waals surface area contributed by atoms with E-state index in [-0.39, 0.29) is 5.56 Å². The van der Waals surface area contributed by atoms with Gasteiger partial charge in [-0.15, -0.1) is 0 Å². The van der Waals surface area contributed by atoms with Gasteiger partial charge in [-0.3, -0.25) is 9.69 Å². The third-order valence-corrected chi connectivity index (χ3v) is 5.68. The number of hydrogen-bond acceptors (Lipinski definition) is 4. The number of likely N-dealkylation sites (tertiary alicyclic amines) is 1. The number of halogens is 1. The number of rotatable bonds is 2. The Kier molecular flexibility index (Phi) is 4.36. The molecular weight excluding hydrogens is 332 g/mol. The summed E-state index contributed by atoms with van der Waals surface area (Å²) in [6.45, 7) is 5.60. The van der Waals surface area contributed by atoms with Gasteiger partial charge in [-0.05, 0) is 55.1 Å². The van der Waals surface area contributed by atoms with Gasteiger partial charge < -0.3 is 4.90 Å². The zero-order valence-electron chi connectivity index (χ0n) is 12.8. The SMILES string of the molecule is CC1CCCN1C1CCN(c2cnn(C)c(=O)c2Br)CC1. The van der Waals surface area contributed by atoms with Gasteiger partial charge in [0.2, 0.25) is 0 Å². The molecule has 2 aliphatic heterocycles. The van der Waals surface area contributed by atoms with Crippen molar-refractivity contribution in [2.75, 3.05) is 24.5 Å². The van der Waals surface area contributed by atoms with Crippen LogP contribution in [0, 0.1) is 0 Å². The van der Waals surface area contributed by atoms with Gasteiger partial charge in [0.25, 0.3) is 5.56 Å². The second-order valence-corrected chi connectivity index (χ2v) is 7.01. The molecule has 0 aromatic carbocycles. The van der Waals surface area contributed by atoms with Crippen molar-refractivity contribution in [3.8, 4) is 0 Å². The summed E-state index contributed by atoms with van der Waals surface area (Å²) < 4.78 is 2.00.